The van der Waals surface area contributed by atoms with Gasteiger partial charge in [0.25, 0.3) is 0 Å². The van der Waals surface area contributed by atoms with E-state index in [9.17, 15) is 0 Å². The van der Waals surface area contributed by atoms with Crippen LogP contribution in [0.15, 0.2) is 42.5 Å². The first-order valence-electron chi connectivity index (χ1n) is 9.71. The zero-order valence-electron chi connectivity index (χ0n) is 17.0. The van der Waals surface area contributed by atoms with E-state index < -0.39 is 0 Å². The Kier molecular flexibility index (Phi) is 6.51. The normalized spacial score (nSPS) is 17.2. The van der Waals surface area contributed by atoms with E-state index >= 15 is 0 Å². The molecule has 0 aliphatic carbocycles. The molecule has 0 aromatic heterocycles. The van der Waals surface area contributed by atoms with Crippen LogP contribution in [0.3, 0.4) is 0 Å². The van der Waals surface area contributed by atoms with Crippen molar-refractivity contribution in [2.45, 2.75) is 45.8 Å². The first-order valence-corrected chi connectivity index (χ1v) is 10.5. The minimum atomic E-state index is 0.0960. The Bertz CT molecular complexity index is 752. The monoisotopic (exact) mass is 400 g/mol. The van der Waals surface area contributed by atoms with Crippen molar-refractivity contribution in [3.63, 3.8) is 0 Å². The number of hydrogen-bond donors (Lipinski definition) is 1. The van der Waals surface area contributed by atoms with Gasteiger partial charge in [0.2, 0.25) is 0 Å². The molecular formula is C22H30N3OTi. The van der Waals surface area contributed by atoms with Crippen molar-refractivity contribution in [2.75, 3.05) is 30.0 Å². The second-order valence-corrected chi connectivity index (χ2v) is 8.12. The van der Waals surface area contributed by atoms with Crippen LogP contribution in [0.1, 0.15) is 50.7 Å². The summed E-state index contributed by atoms with van der Waals surface area (Å²) in [6.45, 7) is 11.1. The zero-order valence-corrected chi connectivity index (χ0v) is 18.6. The van der Waals surface area contributed by atoms with E-state index in [1.165, 1.54) is 16.8 Å². The predicted molar refractivity (Wildman–Crippen MR) is 109 cm³/mol. The van der Waals surface area contributed by atoms with Gasteiger partial charge >= 0.3 is 176 Å². The van der Waals surface area contributed by atoms with Crippen LogP contribution < -0.4 is 18.3 Å². The summed E-state index contributed by atoms with van der Waals surface area (Å²) in [5.74, 6) is 1.88. The van der Waals surface area contributed by atoms with Crippen LogP contribution in [0.4, 0.5) is 11.4 Å². The van der Waals surface area contributed by atoms with Crippen LogP contribution in [0.5, 0.6) is 5.75 Å². The molecule has 2 aromatic carbocycles. The van der Waals surface area contributed by atoms with Crippen LogP contribution in [0, 0.1) is 0 Å². The molecule has 3 rings (SSSR count). The Hall–Kier alpha value is -1.49. The van der Waals surface area contributed by atoms with Gasteiger partial charge in [0, 0.05) is 0 Å². The first kappa shape index (κ1) is 20.3. The molecule has 0 amide bonds. The molecular weight excluding hydrogens is 370 g/mol. The average Bonchev–Trinajstić information content (AvgIpc) is 3.10. The summed E-state index contributed by atoms with van der Waals surface area (Å²) in [6, 6.07) is 15.0. The molecule has 0 spiro atoms. The Morgan fingerprint density at radius 1 is 0.926 bits per heavy atom. The molecule has 4 nitrogen and oxygen atoms in total. The Labute approximate surface area is 175 Å². The minimum absolute atomic E-state index is 0.0960. The summed E-state index contributed by atoms with van der Waals surface area (Å²) in [5, 5.41) is 0. The van der Waals surface area contributed by atoms with E-state index in [0.29, 0.717) is 11.8 Å². The van der Waals surface area contributed by atoms with Gasteiger partial charge in [-0.2, -0.15) is 0 Å². The van der Waals surface area contributed by atoms with Gasteiger partial charge in [-0.05, 0) is 0 Å². The third-order valence-electron chi connectivity index (χ3n) is 5.33. The molecule has 2 aromatic rings. The number of ether oxygens (including phenoxy) is 1. The fraction of sp³-hybridized carbons (Fsp3) is 0.455. The predicted octanol–water partition coefficient (Wildman–Crippen LogP) is 4.60. The second kappa shape index (κ2) is 8.68. The van der Waals surface area contributed by atoms with Crippen LogP contribution >= 0.6 is 0 Å². The third kappa shape index (κ3) is 3.89. The summed E-state index contributed by atoms with van der Waals surface area (Å²) in [5.41, 5.74) is 5.36. The molecule has 0 bridgehead atoms. The SMILES string of the molecule is COc1ccccc1N1CCN(c2c(C(C)C)cccc2C(C)C)C1[NH][Ti]. The molecule has 27 heavy (non-hydrogen) atoms. The molecule has 1 saturated heterocycles. The van der Waals surface area contributed by atoms with Crippen molar-refractivity contribution < 1.29 is 25.4 Å². The maximum atomic E-state index is 5.63. The van der Waals surface area contributed by atoms with Crippen molar-refractivity contribution in [1.82, 2.24) is 3.80 Å². The van der Waals surface area contributed by atoms with Crippen molar-refractivity contribution in [3.05, 3.63) is 53.6 Å². The Morgan fingerprint density at radius 2 is 1.52 bits per heavy atom. The van der Waals surface area contributed by atoms with E-state index in [4.69, 9.17) is 4.74 Å². The van der Waals surface area contributed by atoms with Gasteiger partial charge in [0.05, 0.1) is 0 Å². The number of nitrogens with one attached hydrogen (secondary N) is 1. The first-order chi connectivity index (χ1) is 13.0. The molecule has 1 unspecified atom stereocenters. The molecule has 5 heteroatoms. The standard InChI is InChI=1S/C22H30N3O.Ti/c1-15(2)17-9-8-10-18(16(3)4)21(17)25-14-13-24(22(25)23)19-11-6-7-12-20(19)26-5;/h6-12,15-16,22-23H,13-14H2,1-5H3;/q-1;+1. The van der Waals surface area contributed by atoms with Crippen molar-refractivity contribution in [1.29, 1.82) is 0 Å². The van der Waals surface area contributed by atoms with Crippen LogP contribution in [0.2, 0.25) is 0 Å². The fourth-order valence-corrected chi connectivity index (χ4v) is 4.47. The molecule has 1 atom stereocenters. The van der Waals surface area contributed by atoms with Gasteiger partial charge in [-0.1, -0.05) is 0 Å². The summed E-state index contributed by atoms with van der Waals surface area (Å²) in [6.07, 6.45) is 0.0960. The molecule has 1 fully saturated rings. The van der Waals surface area contributed by atoms with E-state index in [2.05, 4.69) is 71.6 Å². The number of hydrogen-bond acceptors (Lipinski definition) is 4. The number of rotatable bonds is 6. The maximum absolute atomic E-state index is 5.63. The molecule has 1 heterocycles. The summed E-state index contributed by atoms with van der Waals surface area (Å²) in [7, 11) is 1.74. The van der Waals surface area contributed by atoms with Crippen molar-refractivity contribution >= 4 is 11.4 Å². The van der Waals surface area contributed by atoms with Crippen LogP contribution in [-0.4, -0.2) is 26.5 Å². The van der Waals surface area contributed by atoms with Crippen LogP contribution in [0.25, 0.3) is 0 Å². The molecule has 143 valence electrons. The van der Waals surface area contributed by atoms with Crippen molar-refractivity contribution in [3.8, 4) is 5.75 Å². The quantitative estimate of drug-likeness (QED) is 0.717. The van der Waals surface area contributed by atoms with E-state index in [0.717, 1.165) is 24.5 Å². The summed E-state index contributed by atoms with van der Waals surface area (Å²) in [4.78, 5) is 4.93. The molecule has 1 N–H and O–H groups in total. The molecule has 1 aliphatic rings. The van der Waals surface area contributed by atoms with Crippen LogP contribution in [-0.2, 0) is 20.7 Å². The number of anilines is 2. The van der Waals surface area contributed by atoms with E-state index in [-0.39, 0.29) is 6.29 Å². The third-order valence-corrected chi connectivity index (χ3v) is 5.73. The van der Waals surface area contributed by atoms with Crippen molar-refractivity contribution in [2.24, 2.45) is 0 Å². The average molecular weight is 400 g/mol. The fourth-order valence-electron chi connectivity index (χ4n) is 3.98. The molecule has 0 radical (unpaired) electrons. The van der Waals surface area contributed by atoms with E-state index in [1.54, 1.807) is 7.11 Å². The Balaban J connectivity index is 2.06. The number of benzene rings is 2. The topological polar surface area (TPSA) is 27.7 Å². The van der Waals surface area contributed by atoms with Gasteiger partial charge < -0.3 is 0 Å². The van der Waals surface area contributed by atoms with Gasteiger partial charge in [0.15, 0.2) is 0 Å². The van der Waals surface area contributed by atoms with Gasteiger partial charge in [0.1, 0.15) is 0 Å². The number of methoxy groups -OCH3 is 1. The molecule has 1 aliphatic heterocycles. The molecule has 0 saturated carbocycles. The number of para-hydroxylation sites is 3. The van der Waals surface area contributed by atoms with Gasteiger partial charge in [-0.15, -0.1) is 0 Å². The number of nitrogens with zero attached hydrogens (tertiary/aromatic N) is 2. The zero-order chi connectivity index (χ0) is 19.6. The summed E-state index contributed by atoms with van der Waals surface area (Å²) < 4.78 is 9.17. The van der Waals surface area contributed by atoms with E-state index in [1.807, 2.05) is 32.8 Å². The van der Waals surface area contributed by atoms with Gasteiger partial charge in [-0.3, -0.25) is 0 Å². The van der Waals surface area contributed by atoms with Gasteiger partial charge in [-0.25, -0.2) is 0 Å². The summed E-state index contributed by atoms with van der Waals surface area (Å²) >= 11 is 2.04. The Morgan fingerprint density at radius 3 is 2.07 bits per heavy atom. The second-order valence-electron chi connectivity index (χ2n) is 7.67.